The molecule has 15 heavy (non-hydrogen) atoms. The number of para-hydroxylation sites is 1. The molecule has 0 spiro atoms. The molecule has 1 aromatic carbocycles. The minimum atomic E-state index is -0.297. The predicted octanol–water partition coefficient (Wildman–Crippen LogP) is 2.59. The summed E-state index contributed by atoms with van der Waals surface area (Å²) >= 11 is 5.27. The van der Waals surface area contributed by atoms with E-state index in [2.05, 4.69) is 24.4 Å². The maximum absolute atomic E-state index is 5.96. The third-order valence-corrected chi connectivity index (χ3v) is 3.43. The van der Waals surface area contributed by atoms with E-state index < -0.39 is 0 Å². The van der Waals surface area contributed by atoms with E-state index in [4.69, 9.17) is 17.0 Å². The Morgan fingerprint density at radius 1 is 1.47 bits per heavy atom. The average Bonchev–Trinajstić information content (AvgIpc) is 2.15. The van der Waals surface area contributed by atoms with E-state index in [1.54, 1.807) is 0 Å². The molecule has 1 fully saturated rings. The summed E-state index contributed by atoms with van der Waals surface area (Å²) in [6.45, 7) is 2.07. The standard InChI is InChI=1S/C12H13NOS/c1-12-7-8(6-11(15)13-12)9-4-2-3-5-10(9)14-12/h2-5,8H,6-7H2,1H3,(H,13,15)/t8-,12-/m0/s1. The molecule has 2 aliphatic rings. The highest BCUT2D eigenvalue weighted by molar-refractivity contribution is 7.80. The number of nitrogens with one attached hydrogen (secondary N) is 1. The van der Waals surface area contributed by atoms with Crippen LogP contribution >= 0.6 is 12.2 Å². The lowest BCUT2D eigenvalue weighted by Gasteiger charge is -2.45. The molecule has 0 radical (unpaired) electrons. The summed E-state index contributed by atoms with van der Waals surface area (Å²) in [5.41, 5.74) is 1.01. The van der Waals surface area contributed by atoms with E-state index in [1.807, 2.05) is 12.1 Å². The van der Waals surface area contributed by atoms with E-state index >= 15 is 0 Å². The number of ether oxygens (including phenoxy) is 1. The van der Waals surface area contributed by atoms with Crippen LogP contribution < -0.4 is 10.1 Å². The largest absolute Gasteiger partial charge is 0.468 e. The normalized spacial score (nSPS) is 32.6. The number of rotatable bonds is 0. The molecule has 3 rings (SSSR count). The highest BCUT2D eigenvalue weighted by atomic mass is 32.1. The van der Waals surface area contributed by atoms with Crippen LogP contribution in [0.25, 0.3) is 0 Å². The fourth-order valence-corrected chi connectivity index (χ4v) is 3.02. The van der Waals surface area contributed by atoms with Crippen LogP contribution in [-0.2, 0) is 0 Å². The first-order chi connectivity index (χ1) is 7.16. The van der Waals surface area contributed by atoms with Gasteiger partial charge in [-0.05, 0) is 24.5 Å². The zero-order valence-corrected chi connectivity index (χ0v) is 9.43. The molecule has 0 aliphatic carbocycles. The van der Waals surface area contributed by atoms with Crippen molar-refractivity contribution in [2.24, 2.45) is 0 Å². The van der Waals surface area contributed by atoms with Gasteiger partial charge in [-0.15, -0.1) is 0 Å². The van der Waals surface area contributed by atoms with Crippen molar-refractivity contribution in [1.82, 2.24) is 5.32 Å². The molecule has 2 heterocycles. The number of hydrogen-bond acceptors (Lipinski definition) is 2. The van der Waals surface area contributed by atoms with Gasteiger partial charge in [-0.1, -0.05) is 30.4 Å². The van der Waals surface area contributed by atoms with Gasteiger partial charge in [0.1, 0.15) is 5.75 Å². The topological polar surface area (TPSA) is 21.3 Å². The van der Waals surface area contributed by atoms with Crippen LogP contribution in [0.2, 0.25) is 0 Å². The Bertz CT molecular complexity index is 431. The molecule has 2 atom stereocenters. The molecule has 3 heteroatoms. The summed E-state index contributed by atoms with van der Waals surface area (Å²) in [6.07, 6.45) is 1.95. The zero-order valence-electron chi connectivity index (χ0n) is 8.62. The van der Waals surface area contributed by atoms with Gasteiger partial charge in [0.05, 0.1) is 4.99 Å². The first kappa shape index (κ1) is 9.16. The lowest BCUT2D eigenvalue weighted by molar-refractivity contribution is 0.0304. The molecular formula is C12H13NOS. The summed E-state index contributed by atoms with van der Waals surface area (Å²) in [6, 6.07) is 8.26. The molecule has 0 amide bonds. The van der Waals surface area contributed by atoms with Crippen LogP contribution in [0.5, 0.6) is 5.75 Å². The summed E-state index contributed by atoms with van der Waals surface area (Å²) in [7, 11) is 0. The molecule has 1 N–H and O–H groups in total. The second-order valence-electron chi connectivity index (χ2n) is 4.52. The third kappa shape index (κ3) is 1.42. The van der Waals surface area contributed by atoms with Crippen molar-refractivity contribution in [2.45, 2.75) is 31.4 Å². The third-order valence-electron chi connectivity index (χ3n) is 3.17. The molecule has 0 saturated carbocycles. The Labute approximate surface area is 94.6 Å². The molecule has 0 aromatic heterocycles. The van der Waals surface area contributed by atoms with Crippen molar-refractivity contribution in [3.8, 4) is 5.75 Å². The number of thiocarbonyl (C=S) groups is 1. The molecule has 2 nitrogen and oxygen atoms in total. The summed E-state index contributed by atoms with van der Waals surface area (Å²) in [4.78, 5) is 0.920. The van der Waals surface area contributed by atoms with Gasteiger partial charge in [-0.25, -0.2) is 0 Å². The van der Waals surface area contributed by atoms with Gasteiger partial charge in [0, 0.05) is 12.8 Å². The number of piperidine rings is 1. The van der Waals surface area contributed by atoms with Crippen LogP contribution in [0.4, 0.5) is 0 Å². The molecule has 1 aromatic rings. The SMILES string of the molecule is C[C@]12C[C@H](CC(=S)N1)c1ccccc1O2. The van der Waals surface area contributed by atoms with Gasteiger partial charge in [0.2, 0.25) is 0 Å². The lowest BCUT2D eigenvalue weighted by atomic mass is 9.82. The lowest BCUT2D eigenvalue weighted by Crippen LogP contribution is -2.56. The molecular weight excluding hydrogens is 206 g/mol. The monoisotopic (exact) mass is 219 g/mol. The first-order valence-electron chi connectivity index (χ1n) is 5.25. The maximum Gasteiger partial charge on any atom is 0.178 e. The number of fused-ring (bicyclic) bond motifs is 4. The fourth-order valence-electron chi connectivity index (χ4n) is 2.60. The van der Waals surface area contributed by atoms with Crippen molar-refractivity contribution in [3.05, 3.63) is 29.8 Å². The highest BCUT2D eigenvalue weighted by Gasteiger charge is 2.41. The van der Waals surface area contributed by atoms with E-state index in [0.717, 1.165) is 23.6 Å². The van der Waals surface area contributed by atoms with E-state index in [0.29, 0.717) is 5.92 Å². The minimum absolute atomic E-state index is 0.297. The van der Waals surface area contributed by atoms with Crippen molar-refractivity contribution >= 4 is 17.2 Å². The van der Waals surface area contributed by atoms with Crippen molar-refractivity contribution < 1.29 is 4.74 Å². The predicted molar refractivity (Wildman–Crippen MR) is 63.2 cm³/mol. The number of benzene rings is 1. The molecule has 2 aliphatic heterocycles. The second-order valence-corrected chi connectivity index (χ2v) is 5.02. The Morgan fingerprint density at radius 3 is 3.13 bits per heavy atom. The van der Waals surface area contributed by atoms with Crippen LogP contribution in [0.3, 0.4) is 0 Å². The maximum atomic E-state index is 5.96. The van der Waals surface area contributed by atoms with Gasteiger partial charge in [0.25, 0.3) is 0 Å². The number of hydrogen-bond donors (Lipinski definition) is 1. The van der Waals surface area contributed by atoms with Gasteiger partial charge >= 0.3 is 0 Å². The summed E-state index contributed by atoms with van der Waals surface area (Å²) in [5, 5.41) is 3.27. The van der Waals surface area contributed by atoms with Crippen LogP contribution in [0.15, 0.2) is 24.3 Å². The van der Waals surface area contributed by atoms with Crippen LogP contribution in [0.1, 0.15) is 31.2 Å². The average molecular weight is 219 g/mol. The fraction of sp³-hybridized carbons (Fsp3) is 0.417. The van der Waals surface area contributed by atoms with Gasteiger partial charge < -0.3 is 10.1 Å². The minimum Gasteiger partial charge on any atom is -0.468 e. The van der Waals surface area contributed by atoms with Crippen LogP contribution in [0, 0.1) is 0 Å². The molecule has 78 valence electrons. The van der Waals surface area contributed by atoms with E-state index in [1.165, 1.54) is 5.56 Å². The Hall–Kier alpha value is -1.09. The van der Waals surface area contributed by atoms with Crippen molar-refractivity contribution in [2.75, 3.05) is 0 Å². The quantitative estimate of drug-likeness (QED) is 0.678. The zero-order chi connectivity index (χ0) is 10.5. The van der Waals surface area contributed by atoms with E-state index in [9.17, 15) is 0 Å². The summed E-state index contributed by atoms with van der Waals surface area (Å²) < 4.78 is 5.96. The van der Waals surface area contributed by atoms with Gasteiger partial charge in [0.15, 0.2) is 5.72 Å². The van der Waals surface area contributed by atoms with E-state index in [-0.39, 0.29) is 5.72 Å². The van der Waals surface area contributed by atoms with Crippen molar-refractivity contribution in [3.63, 3.8) is 0 Å². The Kier molecular flexibility index (Phi) is 1.80. The first-order valence-corrected chi connectivity index (χ1v) is 5.66. The second kappa shape index (κ2) is 2.95. The van der Waals surface area contributed by atoms with Gasteiger partial charge in [-0.3, -0.25) is 0 Å². The summed E-state index contributed by atoms with van der Waals surface area (Å²) in [5.74, 6) is 1.53. The molecule has 2 bridgehead atoms. The smallest absolute Gasteiger partial charge is 0.178 e. The molecule has 1 saturated heterocycles. The van der Waals surface area contributed by atoms with Gasteiger partial charge in [-0.2, -0.15) is 0 Å². The van der Waals surface area contributed by atoms with Crippen LogP contribution in [-0.4, -0.2) is 10.7 Å². The Morgan fingerprint density at radius 2 is 2.27 bits per heavy atom. The Balaban J connectivity index is 2.10. The molecule has 0 unspecified atom stereocenters. The van der Waals surface area contributed by atoms with Crippen molar-refractivity contribution in [1.29, 1.82) is 0 Å². The highest BCUT2D eigenvalue weighted by Crippen LogP contribution is 2.43.